The topological polar surface area (TPSA) is 64.6 Å². The van der Waals surface area contributed by atoms with Gasteiger partial charge in [0.15, 0.2) is 17.3 Å². The van der Waals surface area contributed by atoms with Crippen LogP contribution in [0.3, 0.4) is 0 Å². The van der Waals surface area contributed by atoms with Crippen LogP contribution in [0.5, 0.6) is 11.5 Å². The number of anilines is 1. The van der Waals surface area contributed by atoms with Crippen LogP contribution in [0.1, 0.15) is 34.6 Å². The van der Waals surface area contributed by atoms with E-state index >= 15 is 0 Å². The summed E-state index contributed by atoms with van der Waals surface area (Å²) in [6.07, 6.45) is 0. The van der Waals surface area contributed by atoms with Gasteiger partial charge in [-0.05, 0) is 54.0 Å². The molecule has 0 spiro atoms. The van der Waals surface area contributed by atoms with Crippen molar-refractivity contribution in [2.75, 3.05) is 19.0 Å². The summed E-state index contributed by atoms with van der Waals surface area (Å²) < 4.78 is 11.4. The zero-order valence-corrected chi connectivity index (χ0v) is 15.3. The molecule has 2 aromatic rings. The molecular formula is C18H18BrNO4. The Morgan fingerprint density at radius 1 is 1.21 bits per heavy atom. The van der Waals surface area contributed by atoms with E-state index in [1.165, 1.54) is 14.0 Å². The van der Waals surface area contributed by atoms with Crippen LogP contribution < -0.4 is 14.8 Å². The van der Waals surface area contributed by atoms with E-state index in [-0.39, 0.29) is 11.7 Å². The molecule has 0 aliphatic rings. The molecule has 0 fully saturated rings. The van der Waals surface area contributed by atoms with E-state index < -0.39 is 0 Å². The molecule has 0 saturated heterocycles. The van der Waals surface area contributed by atoms with Crippen LogP contribution in [0.2, 0.25) is 0 Å². The van der Waals surface area contributed by atoms with E-state index in [1.807, 2.05) is 6.92 Å². The highest BCUT2D eigenvalue weighted by molar-refractivity contribution is 9.10. The first-order chi connectivity index (χ1) is 11.5. The minimum atomic E-state index is -0.342. The molecule has 0 aliphatic heterocycles. The Balaban J connectivity index is 2.34. The van der Waals surface area contributed by atoms with Crippen molar-refractivity contribution in [2.24, 2.45) is 0 Å². The normalized spacial score (nSPS) is 10.2. The predicted octanol–water partition coefficient (Wildman–Crippen LogP) is 4.31. The number of hydrogen-bond acceptors (Lipinski definition) is 4. The zero-order chi connectivity index (χ0) is 17.7. The number of para-hydroxylation sites is 1. The highest BCUT2D eigenvalue weighted by Crippen LogP contribution is 2.36. The third-order valence-corrected chi connectivity index (χ3v) is 3.92. The number of halogens is 1. The van der Waals surface area contributed by atoms with Crippen LogP contribution in [-0.4, -0.2) is 25.4 Å². The number of amides is 1. The molecule has 2 aromatic carbocycles. The number of ether oxygens (including phenoxy) is 2. The minimum Gasteiger partial charge on any atom is -0.493 e. The summed E-state index contributed by atoms with van der Waals surface area (Å²) in [5.41, 5.74) is 1.32. The molecule has 0 unspecified atom stereocenters. The molecule has 0 radical (unpaired) electrons. The number of ketones is 1. The van der Waals surface area contributed by atoms with E-state index in [1.54, 1.807) is 36.4 Å². The van der Waals surface area contributed by atoms with Crippen molar-refractivity contribution >= 4 is 33.3 Å². The summed E-state index contributed by atoms with van der Waals surface area (Å²) in [5, 5.41) is 2.76. The highest BCUT2D eigenvalue weighted by atomic mass is 79.9. The number of rotatable bonds is 6. The second kappa shape index (κ2) is 7.97. The molecule has 2 rings (SSSR count). The summed E-state index contributed by atoms with van der Waals surface area (Å²) in [6, 6.07) is 10.1. The van der Waals surface area contributed by atoms with Gasteiger partial charge in [0.25, 0.3) is 5.91 Å². The molecule has 126 valence electrons. The lowest BCUT2D eigenvalue weighted by Gasteiger charge is -2.14. The van der Waals surface area contributed by atoms with Crippen molar-refractivity contribution in [3.05, 3.63) is 52.0 Å². The smallest absolute Gasteiger partial charge is 0.255 e. The molecule has 0 atom stereocenters. The van der Waals surface area contributed by atoms with Crippen molar-refractivity contribution in [1.29, 1.82) is 0 Å². The number of benzene rings is 2. The van der Waals surface area contributed by atoms with Gasteiger partial charge in [-0.15, -0.1) is 0 Å². The fourth-order valence-electron chi connectivity index (χ4n) is 2.23. The monoisotopic (exact) mass is 391 g/mol. The SMILES string of the molecule is CCOc1c(Br)cc(C(=O)Nc2ccccc2C(C)=O)cc1OC. The lowest BCUT2D eigenvalue weighted by Crippen LogP contribution is -2.14. The molecule has 0 aromatic heterocycles. The van der Waals surface area contributed by atoms with Crippen LogP contribution in [0.4, 0.5) is 5.69 Å². The fraction of sp³-hybridized carbons (Fsp3) is 0.222. The lowest BCUT2D eigenvalue weighted by atomic mass is 10.1. The largest absolute Gasteiger partial charge is 0.493 e. The van der Waals surface area contributed by atoms with E-state index in [4.69, 9.17) is 9.47 Å². The Kier molecular flexibility index (Phi) is 5.98. The third-order valence-electron chi connectivity index (χ3n) is 3.33. The number of Topliss-reactive ketones (excluding diaryl/α,β-unsaturated/α-hetero) is 1. The number of carbonyl (C=O) groups excluding carboxylic acids is 2. The molecule has 5 nitrogen and oxygen atoms in total. The average molecular weight is 392 g/mol. The van der Waals surface area contributed by atoms with Crippen LogP contribution in [-0.2, 0) is 0 Å². The molecular weight excluding hydrogens is 374 g/mol. The third kappa shape index (κ3) is 3.94. The van der Waals surface area contributed by atoms with Gasteiger partial charge in [-0.1, -0.05) is 12.1 Å². The minimum absolute atomic E-state index is 0.114. The predicted molar refractivity (Wildman–Crippen MR) is 96.3 cm³/mol. The Morgan fingerprint density at radius 3 is 2.54 bits per heavy atom. The van der Waals surface area contributed by atoms with Gasteiger partial charge in [-0.2, -0.15) is 0 Å². The average Bonchev–Trinajstić information content (AvgIpc) is 2.56. The van der Waals surface area contributed by atoms with Crippen molar-refractivity contribution < 1.29 is 19.1 Å². The maximum absolute atomic E-state index is 12.5. The molecule has 0 aliphatic carbocycles. The van der Waals surface area contributed by atoms with Crippen molar-refractivity contribution in [3.8, 4) is 11.5 Å². The Hall–Kier alpha value is -2.34. The molecule has 0 heterocycles. The van der Waals surface area contributed by atoms with Crippen molar-refractivity contribution in [2.45, 2.75) is 13.8 Å². The van der Waals surface area contributed by atoms with Gasteiger partial charge in [0.05, 0.1) is 23.9 Å². The van der Waals surface area contributed by atoms with Crippen molar-refractivity contribution in [1.82, 2.24) is 0 Å². The van der Waals surface area contributed by atoms with E-state index in [9.17, 15) is 9.59 Å². The zero-order valence-electron chi connectivity index (χ0n) is 13.7. The quantitative estimate of drug-likeness (QED) is 0.744. The van der Waals surface area contributed by atoms with Crippen LogP contribution in [0, 0.1) is 0 Å². The van der Waals surface area contributed by atoms with Gasteiger partial charge in [0.1, 0.15) is 0 Å². The van der Waals surface area contributed by atoms with Crippen molar-refractivity contribution in [3.63, 3.8) is 0 Å². The molecule has 24 heavy (non-hydrogen) atoms. The summed E-state index contributed by atoms with van der Waals surface area (Å²) in [4.78, 5) is 24.2. The van der Waals surface area contributed by atoms with Gasteiger partial charge in [0.2, 0.25) is 0 Å². The Labute approximate surface area is 149 Å². The van der Waals surface area contributed by atoms with Crippen LogP contribution >= 0.6 is 15.9 Å². The van der Waals surface area contributed by atoms with Gasteiger partial charge >= 0.3 is 0 Å². The van der Waals surface area contributed by atoms with E-state index in [0.717, 1.165) is 0 Å². The van der Waals surface area contributed by atoms with Crippen LogP contribution in [0.15, 0.2) is 40.9 Å². The first kappa shape index (κ1) is 18.0. The number of carbonyl (C=O) groups is 2. The number of nitrogens with one attached hydrogen (secondary N) is 1. The van der Waals surface area contributed by atoms with Gasteiger partial charge in [-0.3, -0.25) is 9.59 Å². The lowest BCUT2D eigenvalue weighted by molar-refractivity contribution is 0.101. The van der Waals surface area contributed by atoms with Gasteiger partial charge < -0.3 is 14.8 Å². The molecule has 1 N–H and O–H groups in total. The maximum Gasteiger partial charge on any atom is 0.255 e. The second-order valence-corrected chi connectivity index (χ2v) is 5.83. The molecule has 0 saturated carbocycles. The highest BCUT2D eigenvalue weighted by Gasteiger charge is 2.17. The first-order valence-corrected chi connectivity index (χ1v) is 8.18. The summed E-state index contributed by atoms with van der Waals surface area (Å²) in [6.45, 7) is 3.80. The molecule has 6 heteroatoms. The number of methoxy groups -OCH3 is 1. The Bertz CT molecular complexity index is 774. The standard InChI is InChI=1S/C18H18BrNO4/c1-4-24-17-14(19)9-12(10-16(17)23-3)18(22)20-15-8-6-5-7-13(15)11(2)21/h5-10H,4H2,1-3H3,(H,20,22). The molecule has 1 amide bonds. The maximum atomic E-state index is 12.5. The van der Waals surface area contributed by atoms with E-state index in [2.05, 4.69) is 21.2 Å². The first-order valence-electron chi connectivity index (χ1n) is 7.39. The van der Waals surface area contributed by atoms with Crippen LogP contribution in [0.25, 0.3) is 0 Å². The van der Waals surface area contributed by atoms with E-state index in [0.29, 0.717) is 39.4 Å². The molecule has 0 bridgehead atoms. The van der Waals surface area contributed by atoms with Gasteiger partial charge in [-0.25, -0.2) is 0 Å². The Morgan fingerprint density at radius 2 is 1.92 bits per heavy atom. The second-order valence-electron chi connectivity index (χ2n) is 4.98. The fourth-order valence-corrected chi connectivity index (χ4v) is 2.79. The van der Waals surface area contributed by atoms with Gasteiger partial charge in [0, 0.05) is 11.1 Å². The summed E-state index contributed by atoms with van der Waals surface area (Å²) in [5.74, 6) is 0.541. The summed E-state index contributed by atoms with van der Waals surface area (Å²) in [7, 11) is 1.51. The number of hydrogen-bond donors (Lipinski definition) is 1. The summed E-state index contributed by atoms with van der Waals surface area (Å²) >= 11 is 3.39.